The number of benzene rings is 1. The maximum Gasteiger partial charge on any atom is 0.383 e. The first kappa shape index (κ1) is 33.8. The van der Waals surface area contributed by atoms with Crippen molar-refractivity contribution < 1.29 is 18.6 Å². The molecule has 0 fully saturated rings. The van der Waals surface area contributed by atoms with E-state index in [1.165, 1.54) is 77.0 Å². The van der Waals surface area contributed by atoms with Gasteiger partial charge in [-0.1, -0.05) is 129 Å². The Balaban J connectivity index is 2.01. The summed E-state index contributed by atoms with van der Waals surface area (Å²) >= 11 is 0. The van der Waals surface area contributed by atoms with Crippen LogP contribution in [-0.4, -0.2) is 19.8 Å². The topological polar surface area (TPSA) is 57.9 Å². The Morgan fingerprint density at radius 3 is 1.77 bits per heavy atom. The molecule has 0 bridgehead atoms. The predicted molar refractivity (Wildman–Crippen MR) is 168 cm³/mol. The molecule has 0 N–H and O–H groups in total. The van der Waals surface area contributed by atoms with Crippen molar-refractivity contribution in [1.29, 1.82) is 0 Å². The molecule has 0 unspecified atom stereocenters. The fraction of sp³-hybridized carbons (Fsp3) is 0.686. The molecular formula is C35H56O5. The lowest BCUT2D eigenvalue weighted by Crippen LogP contribution is -2.12. The number of unbranched alkanes of at least 4 members (excludes halogenated alkanes) is 14. The third-order valence-corrected chi connectivity index (χ3v) is 7.24. The van der Waals surface area contributed by atoms with Crippen molar-refractivity contribution in [2.75, 3.05) is 19.8 Å². The van der Waals surface area contributed by atoms with E-state index in [2.05, 4.69) is 32.9 Å². The van der Waals surface area contributed by atoms with Gasteiger partial charge in [-0.15, -0.1) is 0 Å². The third-order valence-electron chi connectivity index (χ3n) is 7.24. The average Bonchev–Trinajstić information content (AvgIpc) is 2.96. The lowest BCUT2D eigenvalue weighted by molar-refractivity contribution is 0.254. The zero-order chi connectivity index (χ0) is 28.7. The zero-order valence-electron chi connectivity index (χ0n) is 25.8. The second-order valence-corrected chi connectivity index (χ2v) is 10.8. The van der Waals surface area contributed by atoms with E-state index in [0.717, 1.165) is 43.9 Å². The van der Waals surface area contributed by atoms with Crippen molar-refractivity contribution in [3.63, 3.8) is 0 Å². The van der Waals surface area contributed by atoms with Crippen molar-refractivity contribution in [2.45, 2.75) is 136 Å². The largest absolute Gasteiger partial charge is 0.490 e. The molecule has 1 aromatic carbocycles. The smallest absolute Gasteiger partial charge is 0.383 e. The van der Waals surface area contributed by atoms with Crippen molar-refractivity contribution in [3.8, 4) is 17.2 Å². The van der Waals surface area contributed by atoms with E-state index >= 15 is 0 Å². The number of allylic oxidation sites excluding steroid dienone is 1. The van der Waals surface area contributed by atoms with Crippen LogP contribution in [0.2, 0.25) is 0 Å². The summed E-state index contributed by atoms with van der Waals surface area (Å²) in [5.74, 6) is 1.23. The van der Waals surface area contributed by atoms with Gasteiger partial charge < -0.3 is 18.6 Å². The van der Waals surface area contributed by atoms with Gasteiger partial charge in [0.05, 0.1) is 25.2 Å². The second kappa shape index (κ2) is 22.3. The Bertz CT molecular complexity index is 993. The summed E-state index contributed by atoms with van der Waals surface area (Å²) < 4.78 is 24.0. The molecule has 0 atom stereocenters. The van der Waals surface area contributed by atoms with Gasteiger partial charge in [0.15, 0.2) is 17.1 Å². The molecule has 1 aromatic heterocycles. The Hall–Kier alpha value is -2.43. The van der Waals surface area contributed by atoms with Crippen LogP contribution in [0.15, 0.2) is 39.6 Å². The van der Waals surface area contributed by atoms with Gasteiger partial charge in [-0.2, -0.15) is 0 Å². The summed E-state index contributed by atoms with van der Waals surface area (Å²) in [5.41, 5.74) is -0.0695. The molecule has 5 heteroatoms. The Labute approximate surface area is 243 Å². The highest BCUT2D eigenvalue weighted by Crippen LogP contribution is 2.37. The summed E-state index contributed by atoms with van der Waals surface area (Å²) in [6.07, 6.45) is 25.6. The fourth-order valence-electron chi connectivity index (χ4n) is 4.88. The minimum atomic E-state index is -0.505. The minimum Gasteiger partial charge on any atom is -0.490 e. The van der Waals surface area contributed by atoms with E-state index in [9.17, 15) is 4.79 Å². The SMILES string of the molecule is CCC=CCCOc1c(OCCCCCCCCCC)c(=O)oc2c(OCCCCCCCCCC)cccc12. The first-order chi connectivity index (χ1) is 19.7. The van der Waals surface area contributed by atoms with Gasteiger partial charge in [-0.05, 0) is 37.8 Å². The van der Waals surface area contributed by atoms with Crippen LogP contribution < -0.4 is 19.8 Å². The molecule has 1 heterocycles. The molecule has 0 saturated heterocycles. The van der Waals surface area contributed by atoms with Crippen molar-refractivity contribution >= 4 is 11.0 Å². The van der Waals surface area contributed by atoms with Gasteiger partial charge in [-0.25, -0.2) is 4.79 Å². The lowest BCUT2D eigenvalue weighted by Gasteiger charge is -2.15. The monoisotopic (exact) mass is 556 g/mol. The van der Waals surface area contributed by atoms with Crippen molar-refractivity contribution in [3.05, 3.63) is 40.8 Å². The number of para-hydroxylation sites is 1. The van der Waals surface area contributed by atoms with E-state index in [1.807, 2.05) is 18.2 Å². The molecule has 5 nitrogen and oxygen atoms in total. The summed E-state index contributed by atoms with van der Waals surface area (Å²) in [7, 11) is 0. The van der Waals surface area contributed by atoms with Gasteiger partial charge in [-0.3, -0.25) is 0 Å². The van der Waals surface area contributed by atoms with Crippen LogP contribution in [0.3, 0.4) is 0 Å². The Kier molecular flexibility index (Phi) is 18.8. The van der Waals surface area contributed by atoms with E-state index in [1.54, 1.807) is 0 Å². The highest BCUT2D eigenvalue weighted by Gasteiger charge is 2.20. The molecular weight excluding hydrogens is 500 g/mol. The van der Waals surface area contributed by atoms with Gasteiger partial charge in [0.1, 0.15) is 0 Å². The molecule has 0 aliphatic heterocycles. The molecule has 0 amide bonds. The highest BCUT2D eigenvalue weighted by atomic mass is 16.5. The molecule has 0 aliphatic carbocycles. The first-order valence-corrected chi connectivity index (χ1v) is 16.4. The molecule has 0 radical (unpaired) electrons. The van der Waals surface area contributed by atoms with Gasteiger partial charge in [0, 0.05) is 0 Å². The number of hydrogen-bond donors (Lipinski definition) is 0. The van der Waals surface area contributed by atoms with Crippen LogP contribution in [-0.2, 0) is 0 Å². The van der Waals surface area contributed by atoms with E-state index < -0.39 is 5.63 Å². The van der Waals surface area contributed by atoms with Crippen molar-refractivity contribution in [2.24, 2.45) is 0 Å². The van der Waals surface area contributed by atoms with Crippen LogP contribution in [0.25, 0.3) is 11.0 Å². The molecule has 40 heavy (non-hydrogen) atoms. The lowest BCUT2D eigenvalue weighted by atomic mass is 10.1. The Morgan fingerprint density at radius 2 is 1.18 bits per heavy atom. The molecule has 0 saturated carbocycles. The summed E-state index contributed by atoms with van der Waals surface area (Å²) in [4.78, 5) is 13.1. The standard InChI is InChI=1S/C35H56O5/c1-4-7-10-13-15-17-19-22-27-37-31-26-24-25-30-32(31)40-35(36)34(33(30)38-28-21-12-9-6-3)39-29-23-20-18-16-14-11-8-5-2/h9,12,24-26H,4-8,10-11,13-23,27-29H2,1-3H3. The van der Waals surface area contributed by atoms with Gasteiger partial charge in [0.2, 0.25) is 5.75 Å². The summed E-state index contributed by atoms with van der Waals surface area (Å²) in [5, 5.41) is 0.721. The van der Waals surface area contributed by atoms with Crippen LogP contribution in [0, 0.1) is 0 Å². The first-order valence-electron chi connectivity index (χ1n) is 16.4. The van der Waals surface area contributed by atoms with Crippen LogP contribution in [0.5, 0.6) is 17.2 Å². The van der Waals surface area contributed by atoms with Gasteiger partial charge >= 0.3 is 5.63 Å². The average molecular weight is 557 g/mol. The molecule has 0 spiro atoms. The molecule has 226 valence electrons. The molecule has 2 aromatic rings. The zero-order valence-corrected chi connectivity index (χ0v) is 25.8. The summed E-state index contributed by atoms with van der Waals surface area (Å²) in [6.45, 7) is 8.15. The van der Waals surface area contributed by atoms with Gasteiger partial charge in [0.25, 0.3) is 0 Å². The quantitative estimate of drug-likeness (QED) is 0.0691. The predicted octanol–water partition coefficient (Wildman–Crippen LogP) is 10.6. The molecule has 0 aliphatic rings. The summed E-state index contributed by atoms with van der Waals surface area (Å²) in [6, 6.07) is 5.71. The van der Waals surface area contributed by atoms with Crippen LogP contribution in [0.4, 0.5) is 0 Å². The third kappa shape index (κ3) is 13.3. The normalized spacial score (nSPS) is 11.5. The maximum absolute atomic E-state index is 13.1. The Morgan fingerprint density at radius 1 is 0.625 bits per heavy atom. The minimum absolute atomic E-state index is 0.176. The number of fused-ring (bicyclic) bond motifs is 1. The fourth-order valence-corrected chi connectivity index (χ4v) is 4.88. The van der Waals surface area contributed by atoms with E-state index in [-0.39, 0.29) is 5.75 Å². The highest BCUT2D eigenvalue weighted by molar-refractivity contribution is 5.89. The van der Waals surface area contributed by atoms with E-state index in [4.69, 9.17) is 18.6 Å². The number of rotatable bonds is 25. The number of ether oxygens (including phenoxy) is 3. The second-order valence-electron chi connectivity index (χ2n) is 10.8. The van der Waals surface area contributed by atoms with Crippen LogP contribution >= 0.6 is 0 Å². The maximum atomic E-state index is 13.1. The van der Waals surface area contributed by atoms with E-state index in [0.29, 0.717) is 36.9 Å². The van der Waals surface area contributed by atoms with Crippen LogP contribution in [0.1, 0.15) is 136 Å². The number of hydrogen-bond acceptors (Lipinski definition) is 5. The molecule has 2 rings (SSSR count). The van der Waals surface area contributed by atoms with Crippen molar-refractivity contribution in [1.82, 2.24) is 0 Å².